The van der Waals surface area contributed by atoms with E-state index in [2.05, 4.69) is 4.99 Å². The highest BCUT2D eigenvalue weighted by Gasteiger charge is 2.54. The highest BCUT2D eigenvalue weighted by Crippen LogP contribution is 2.37. The Labute approximate surface area is 124 Å². The fourth-order valence-electron chi connectivity index (χ4n) is 3.18. The Morgan fingerprint density at radius 1 is 1.05 bits per heavy atom. The van der Waals surface area contributed by atoms with E-state index in [1.165, 1.54) is 16.6 Å². The number of likely N-dealkylation sites (N-methyl/N-ethyl adjacent to an activating group) is 1. The average Bonchev–Trinajstić information content (AvgIpc) is 2.78. The lowest BCUT2D eigenvalue weighted by atomic mass is 9.95. The van der Waals surface area contributed by atoms with E-state index in [-0.39, 0.29) is 5.91 Å². The van der Waals surface area contributed by atoms with Crippen LogP contribution in [0.15, 0.2) is 44.9 Å². The predicted molar refractivity (Wildman–Crippen MR) is 77.8 cm³/mol. The van der Waals surface area contributed by atoms with Crippen LogP contribution < -0.4 is 11.4 Å². The van der Waals surface area contributed by atoms with Crippen molar-refractivity contribution in [1.82, 2.24) is 18.8 Å². The molecule has 0 saturated carbocycles. The first kappa shape index (κ1) is 12.8. The molecule has 4 heterocycles. The third-order valence-corrected chi connectivity index (χ3v) is 4.38. The highest BCUT2D eigenvalue weighted by molar-refractivity contribution is 5.92. The van der Waals surface area contributed by atoms with Crippen molar-refractivity contribution in [2.75, 3.05) is 7.05 Å². The standard InChI is InChI=1S/C14H13N5O3/c1-16-12(21)18-10-11(20)17(2)14(8-15-10,19(18)13(16)22)9-6-4-3-5-7-9/h3-8,10H,1-2H3. The maximum Gasteiger partial charge on any atom is 0.349 e. The normalized spacial score (nSPS) is 25.6. The molecule has 5 rings (SSSR count). The van der Waals surface area contributed by atoms with Crippen molar-refractivity contribution in [3.8, 4) is 0 Å². The smallest absolute Gasteiger partial charge is 0.309 e. The van der Waals surface area contributed by atoms with Gasteiger partial charge in [0, 0.05) is 19.7 Å². The number of hydrogen-bond donors (Lipinski definition) is 0. The van der Waals surface area contributed by atoms with Crippen LogP contribution in [0.3, 0.4) is 0 Å². The van der Waals surface area contributed by atoms with Crippen molar-refractivity contribution in [1.29, 1.82) is 0 Å². The molecule has 1 aromatic carbocycles. The van der Waals surface area contributed by atoms with Gasteiger partial charge < -0.3 is 4.90 Å². The van der Waals surface area contributed by atoms with E-state index >= 15 is 0 Å². The summed E-state index contributed by atoms with van der Waals surface area (Å²) in [6.07, 6.45) is 0.548. The minimum absolute atomic E-state index is 0.320. The Kier molecular flexibility index (Phi) is 2.24. The van der Waals surface area contributed by atoms with Crippen LogP contribution in [0.2, 0.25) is 0 Å². The first-order valence-electron chi connectivity index (χ1n) is 6.78. The lowest BCUT2D eigenvalue weighted by Gasteiger charge is -2.48. The molecule has 0 N–H and O–H groups in total. The molecule has 0 spiro atoms. The maximum atomic E-state index is 12.6. The van der Waals surface area contributed by atoms with Crippen molar-refractivity contribution in [2.45, 2.75) is 11.8 Å². The van der Waals surface area contributed by atoms with Gasteiger partial charge in [-0.05, 0) is 0 Å². The first-order chi connectivity index (χ1) is 10.5. The number of fused-ring (bicyclic) bond motifs is 1. The van der Waals surface area contributed by atoms with E-state index in [0.717, 1.165) is 9.25 Å². The molecular weight excluding hydrogens is 286 g/mol. The lowest BCUT2D eigenvalue weighted by molar-refractivity contribution is -0.146. The molecule has 2 unspecified atom stereocenters. The van der Waals surface area contributed by atoms with Crippen LogP contribution in [0, 0.1) is 0 Å². The summed E-state index contributed by atoms with van der Waals surface area (Å²) in [4.78, 5) is 43.1. The van der Waals surface area contributed by atoms with E-state index < -0.39 is 23.2 Å². The van der Waals surface area contributed by atoms with Gasteiger partial charge in [0.2, 0.25) is 11.8 Å². The van der Waals surface area contributed by atoms with E-state index in [1.54, 1.807) is 25.4 Å². The molecule has 0 fully saturated rings. The van der Waals surface area contributed by atoms with Crippen LogP contribution in [-0.4, -0.2) is 38.0 Å². The summed E-state index contributed by atoms with van der Waals surface area (Å²) < 4.78 is 3.44. The van der Waals surface area contributed by atoms with Crippen LogP contribution in [-0.2, 0) is 17.5 Å². The number of hydrogen-bond acceptors (Lipinski definition) is 4. The van der Waals surface area contributed by atoms with Gasteiger partial charge in [0.1, 0.15) is 0 Å². The monoisotopic (exact) mass is 299 g/mol. The van der Waals surface area contributed by atoms with E-state index in [4.69, 9.17) is 0 Å². The second-order valence-corrected chi connectivity index (χ2v) is 5.42. The second kappa shape index (κ2) is 3.85. The summed E-state index contributed by atoms with van der Waals surface area (Å²) in [5, 5.41) is 0. The SMILES string of the molecule is CN1C(=O)C2N=CC1(c1ccccc1)n1c(=O)n(C)c(=O)n12. The third kappa shape index (κ3) is 1.19. The molecule has 2 aromatic rings. The van der Waals surface area contributed by atoms with Crippen LogP contribution in [0.1, 0.15) is 11.7 Å². The van der Waals surface area contributed by atoms with Gasteiger partial charge in [0.15, 0.2) is 0 Å². The number of benzene rings is 1. The Balaban J connectivity index is 2.19. The summed E-state index contributed by atoms with van der Waals surface area (Å²) in [5.74, 6) is -0.320. The van der Waals surface area contributed by atoms with Crippen LogP contribution in [0.5, 0.6) is 0 Å². The summed E-state index contributed by atoms with van der Waals surface area (Å²) in [5.41, 5.74) is -1.56. The average molecular weight is 299 g/mol. The number of aliphatic imine (C=N–C) groups is 1. The quantitative estimate of drug-likeness (QED) is 0.684. The number of nitrogens with zero attached hydrogens (tertiary/aromatic N) is 5. The predicted octanol–water partition coefficient (Wildman–Crippen LogP) is -0.895. The van der Waals surface area contributed by atoms with E-state index in [9.17, 15) is 14.4 Å². The zero-order valence-corrected chi connectivity index (χ0v) is 12.0. The maximum absolute atomic E-state index is 12.6. The van der Waals surface area contributed by atoms with Crippen LogP contribution in [0.4, 0.5) is 0 Å². The number of carbonyl (C=O) groups excluding carboxylic acids is 1. The largest absolute Gasteiger partial charge is 0.349 e. The van der Waals surface area contributed by atoms with Gasteiger partial charge in [0.25, 0.3) is 5.91 Å². The Bertz CT molecular complexity index is 936. The van der Waals surface area contributed by atoms with Crippen LogP contribution in [0.25, 0.3) is 0 Å². The minimum Gasteiger partial charge on any atom is -0.309 e. The summed E-state index contributed by atoms with van der Waals surface area (Å²) >= 11 is 0. The summed E-state index contributed by atoms with van der Waals surface area (Å²) in [6, 6.07) is 9.07. The van der Waals surface area contributed by atoms with Crippen molar-refractivity contribution >= 4 is 12.1 Å². The van der Waals surface area contributed by atoms with Gasteiger partial charge in [0.05, 0.1) is 6.21 Å². The molecule has 3 aliphatic rings. The van der Waals surface area contributed by atoms with E-state index in [1.807, 2.05) is 18.2 Å². The van der Waals surface area contributed by atoms with Crippen molar-refractivity contribution in [2.24, 2.45) is 12.0 Å². The third-order valence-electron chi connectivity index (χ3n) is 4.38. The fourth-order valence-corrected chi connectivity index (χ4v) is 3.18. The summed E-state index contributed by atoms with van der Waals surface area (Å²) in [6.45, 7) is 0. The fraction of sp³-hybridized carbons (Fsp3) is 0.286. The topological polar surface area (TPSA) is 81.6 Å². The van der Waals surface area contributed by atoms with Crippen molar-refractivity contribution in [3.05, 3.63) is 56.9 Å². The number of amides is 1. The van der Waals surface area contributed by atoms with Gasteiger partial charge in [-0.3, -0.25) is 9.79 Å². The molecule has 0 aliphatic carbocycles. The minimum atomic E-state index is -1.22. The molecule has 2 bridgehead atoms. The van der Waals surface area contributed by atoms with E-state index in [0.29, 0.717) is 5.56 Å². The molecule has 112 valence electrons. The molecule has 8 heteroatoms. The molecule has 1 aromatic heterocycles. The number of rotatable bonds is 1. The highest BCUT2D eigenvalue weighted by atomic mass is 16.2. The molecule has 0 saturated heterocycles. The lowest BCUT2D eigenvalue weighted by Crippen LogP contribution is -2.67. The Morgan fingerprint density at radius 2 is 1.73 bits per heavy atom. The van der Waals surface area contributed by atoms with Gasteiger partial charge >= 0.3 is 11.4 Å². The first-order valence-corrected chi connectivity index (χ1v) is 6.78. The Hall–Kier alpha value is -2.90. The Morgan fingerprint density at radius 3 is 2.41 bits per heavy atom. The second-order valence-electron chi connectivity index (χ2n) is 5.42. The number of carbonyl (C=O) groups is 1. The zero-order chi connectivity index (χ0) is 15.6. The molecule has 22 heavy (non-hydrogen) atoms. The van der Waals surface area contributed by atoms with Gasteiger partial charge in [-0.25, -0.2) is 14.2 Å². The zero-order valence-electron chi connectivity index (χ0n) is 12.0. The number of aromatic nitrogens is 3. The molecule has 8 nitrogen and oxygen atoms in total. The molecule has 3 aliphatic heterocycles. The van der Waals surface area contributed by atoms with Crippen molar-refractivity contribution in [3.63, 3.8) is 0 Å². The van der Waals surface area contributed by atoms with Gasteiger partial charge in [-0.2, -0.15) is 9.36 Å². The van der Waals surface area contributed by atoms with Gasteiger partial charge in [-0.1, -0.05) is 30.3 Å². The van der Waals surface area contributed by atoms with Crippen molar-refractivity contribution < 1.29 is 4.79 Å². The van der Waals surface area contributed by atoms with Gasteiger partial charge in [-0.15, -0.1) is 0 Å². The van der Waals surface area contributed by atoms with Crippen LogP contribution >= 0.6 is 0 Å². The molecule has 0 radical (unpaired) electrons. The molecule has 2 atom stereocenters. The summed E-state index contributed by atoms with van der Waals surface area (Å²) in [7, 11) is 3.01. The molecule has 1 amide bonds. The molecular formula is C14H13N5O3.